The second-order valence-electron chi connectivity index (χ2n) is 4.43. The van der Waals surface area contributed by atoms with E-state index in [9.17, 15) is 4.79 Å². The van der Waals surface area contributed by atoms with Gasteiger partial charge in [0, 0.05) is 31.0 Å². The van der Waals surface area contributed by atoms with Gasteiger partial charge in [0.15, 0.2) is 0 Å². The molecule has 98 valence electrons. The van der Waals surface area contributed by atoms with E-state index in [-0.39, 0.29) is 0 Å². The van der Waals surface area contributed by atoms with Gasteiger partial charge in [-0.1, -0.05) is 0 Å². The van der Waals surface area contributed by atoms with E-state index in [1.165, 1.54) is 7.11 Å². The lowest BCUT2D eigenvalue weighted by atomic mass is 10.0. The standard InChI is InChI=1S/C13H18N2O3/c1-9-10(4-6-18-9)8-15-11-3-5-14-12(7-11)13(16)17-2/h3,5,7,9-10H,4,6,8H2,1-2H3,(H,14,15). The van der Waals surface area contributed by atoms with Gasteiger partial charge in [-0.2, -0.15) is 0 Å². The van der Waals surface area contributed by atoms with Crippen LogP contribution in [0.1, 0.15) is 23.8 Å². The van der Waals surface area contributed by atoms with E-state index in [1.54, 1.807) is 12.3 Å². The maximum absolute atomic E-state index is 11.3. The minimum Gasteiger partial charge on any atom is -0.464 e. The molecule has 1 aromatic heterocycles. The second kappa shape index (κ2) is 5.82. The van der Waals surface area contributed by atoms with Crippen molar-refractivity contribution in [2.45, 2.75) is 19.4 Å². The van der Waals surface area contributed by atoms with Crippen molar-refractivity contribution in [2.24, 2.45) is 5.92 Å². The van der Waals surface area contributed by atoms with E-state index in [4.69, 9.17) is 4.74 Å². The molecule has 1 aliphatic heterocycles. The number of pyridine rings is 1. The van der Waals surface area contributed by atoms with Gasteiger partial charge in [-0.15, -0.1) is 0 Å². The summed E-state index contributed by atoms with van der Waals surface area (Å²) >= 11 is 0. The van der Waals surface area contributed by atoms with Crippen molar-refractivity contribution in [1.82, 2.24) is 4.98 Å². The van der Waals surface area contributed by atoms with Crippen LogP contribution in [-0.4, -0.2) is 37.3 Å². The average Bonchev–Trinajstić information content (AvgIpc) is 2.81. The van der Waals surface area contributed by atoms with Crippen molar-refractivity contribution >= 4 is 11.7 Å². The molecular formula is C13H18N2O3. The van der Waals surface area contributed by atoms with Gasteiger partial charge in [0.1, 0.15) is 5.69 Å². The molecule has 0 aromatic carbocycles. The normalized spacial score (nSPS) is 22.8. The Hall–Kier alpha value is -1.62. The molecule has 18 heavy (non-hydrogen) atoms. The highest BCUT2D eigenvalue weighted by atomic mass is 16.5. The van der Waals surface area contributed by atoms with Crippen LogP contribution < -0.4 is 5.32 Å². The van der Waals surface area contributed by atoms with Gasteiger partial charge in [0.25, 0.3) is 0 Å². The number of aromatic nitrogens is 1. The molecule has 0 bridgehead atoms. The summed E-state index contributed by atoms with van der Waals surface area (Å²) in [6, 6.07) is 3.54. The first kappa shape index (κ1) is 12.8. The minimum absolute atomic E-state index is 0.291. The van der Waals surface area contributed by atoms with E-state index in [2.05, 4.69) is 22.0 Å². The first-order valence-electron chi connectivity index (χ1n) is 6.10. The smallest absolute Gasteiger partial charge is 0.356 e. The molecule has 2 unspecified atom stereocenters. The van der Waals surface area contributed by atoms with E-state index in [0.29, 0.717) is 17.7 Å². The SMILES string of the molecule is COC(=O)c1cc(NCC2CCOC2C)ccn1. The zero-order chi connectivity index (χ0) is 13.0. The number of carbonyl (C=O) groups excluding carboxylic acids is 1. The summed E-state index contributed by atoms with van der Waals surface area (Å²) in [7, 11) is 1.35. The molecule has 2 heterocycles. The Morgan fingerprint density at radius 3 is 3.17 bits per heavy atom. The van der Waals surface area contributed by atoms with Crippen molar-refractivity contribution in [2.75, 3.05) is 25.6 Å². The molecule has 0 aliphatic carbocycles. The Bertz CT molecular complexity index is 422. The first-order chi connectivity index (χ1) is 8.70. The lowest BCUT2D eigenvalue weighted by Gasteiger charge is -2.15. The largest absolute Gasteiger partial charge is 0.464 e. The zero-order valence-electron chi connectivity index (χ0n) is 10.7. The summed E-state index contributed by atoms with van der Waals surface area (Å²) in [5.41, 5.74) is 1.20. The summed E-state index contributed by atoms with van der Waals surface area (Å²) in [5.74, 6) is 0.0935. The lowest BCUT2D eigenvalue weighted by Crippen LogP contribution is -2.20. The van der Waals surface area contributed by atoms with E-state index >= 15 is 0 Å². The van der Waals surface area contributed by atoms with Crippen LogP contribution >= 0.6 is 0 Å². The number of rotatable bonds is 4. The number of hydrogen-bond acceptors (Lipinski definition) is 5. The highest BCUT2D eigenvalue weighted by Crippen LogP contribution is 2.21. The fourth-order valence-corrected chi connectivity index (χ4v) is 2.05. The third kappa shape index (κ3) is 2.98. The fourth-order valence-electron chi connectivity index (χ4n) is 2.05. The fraction of sp³-hybridized carbons (Fsp3) is 0.538. The molecule has 0 saturated carbocycles. The van der Waals surface area contributed by atoms with Crippen LogP contribution in [-0.2, 0) is 9.47 Å². The summed E-state index contributed by atoms with van der Waals surface area (Å²) < 4.78 is 10.1. The van der Waals surface area contributed by atoms with Crippen LogP contribution in [0.15, 0.2) is 18.3 Å². The first-order valence-corrected chi connectivity index (χ1v) is 6.10. The van der Waals surface area contributed by atoms with Gasteiger partial charge in [0.2, 0.25) is 0 Å². The Balaban J connectivity index is 1.95. The molecule has 0 radical (unpaired) electrons. The Labute approximate surface area is 107 Å². The van der Waals surface area contributed by atoms with Crippen LogP contribution in [0.4, 0.5) is 5.69 Å². The molecule has 1 saturated heterocycles. The molecule has 2 rings (SSSR count). The molecule has 2 atom stereocenters. The summed E-state index contributed by atoms with van der Waals surface area (Å²) in [4.78, 5) is 15.3. The van der Waals surface area contributed by atoms with Crippen molar-refractivity contribution < 1.29 is 14.3 Å². The minimum atomic E-state index is -0.420. The number of hydrogen-bond donors (Lipinski definition) is 1. The van der Waals surface area contributed by atoms with E-state index in [1.807, 2.05) is 6.07 Å². The van der Waals surface area contributed by atoms with Crippen molar-refractivity contribution in [3.8, 4) is 0 Å². The Kier molecular flexibility index (Phi) is 4.15. The van der Waals surface area contributed by atoms with Gasteiger partial charge >= 0.3 is 5.97 Å². The van der Waals surface area contributed by atoms with Crippen LogP contribution in [0.5, 0.6) is 0 Å². The van der Waals surface area contributed by atoms with Crippen molar-refractivity contribution in [1.29, 1.82) is 0 Å². The molecule has 0 spiro atoms. The number of carbonyl (C=O) groups is 1. The zero-order valence-corrected chi connectivity index (χ0v) is 10.7. The quantitative estimate of drug-likeness (QED) is 0.824. The Morgan fingerprint density at radius 1 is 1.67 bits per heavy atom. The number of methoxy groups -OCH3 is 1. The second-order valence-corrected chi connectivity index (χ2v) is 4.43. The van der Waals surface area contributed by atoms with Crippen LogP contribution in [0.2, 0.25) is 0 Å². The topological polar surface area (TPSA) is 60.5 Å². The molecular weight excluding hydrogens is 232 g/mol. The highest BCUT2D eigenvalue weighted by Gasteiger charge is 2.23. The van der Waals surface area contributed by atoms with Crippen LogP contribution in [0.3, 0.4) is 0 Å². The van der Waals surface area contributed by atoms with Crippen LogP contribution in [0, 0.1) is 5.92 Å². The Morgan fingerprint density at radius 2 is 2.50 bits per heavy atom. The van der Waals surface area contributed by atoms with Gasteiger partial charge in [-0.05, 0) is 25.5 Å². The van der Waals surface area contributed by atoms with Gasteiger partial charge in [-0.3, -0.25) is 0 Å². The highest BCUT2D eigenvalue weighted by molar-refractivity contribution is 5.88. The molecule has 1 fully saturated rings. The molecule has 1 N–H and O–H groups in total. The van der Waals surface area contributed by atoms with Gasteiger partial charge in [0.05, 0.1) is 13.2 Å². The predicted molar refractivity (Wildman–Crippen MR) is 67.6 cm³/mol. The van der Waals surface area contributed by atoms with Gasteiger partial charge < -0.3 is 14.8 Å². The van der Waals surface area contributed by atoms with Gasteiger partial charge in [-0.25, -0.2) is 9.78 Å². The predicted octanol–water partition coefficient (Wildman–Crippen LogP) is 1.71. The monoisotopic (exact) mass is 250 g/mol. The molecule has 0 amide bonds. The van der Waals surface area contributed by atoms with E-state index < -0.39 is 5.97 Å². The third-order valence-corrected chi connectivity index (χ3v) is 3.26. The third-order valence-electron chi connectivity index (χ3n) is 3.26. The van der Waals surface area contributed by atoms with Crippen molar-refractivity contribution in [3.05, 3.63) is 24.0 Å². The summed E-state index contributed by atoms with van der Waals surface area (Å²) in [6.45, 7) is 3.76. The average molecular weight is 250 g/mol. The van der Waals surface area contributed by atoms with Crippen molar-refractivity contribution in [3.63, 3.8) is 0 Å². The number of nitrogens with zero attached hydrogens (tertiary/aromatic N) is 1. The molecule has 1 aliphatic rings. The lowest BCUT2D eigenvalue weighted by molar-refractivity contribution is 0.0594. The number of nitrogens with one attached hydrogen (secondary N) is 1. The number of anilines is 1. The molecule has 1 aromatic rings. The summed E-state index contributed by atoms with van der Waals surface area (Å²) in [6.07, 6.45) is 2.96. The number of esters is 1. The summed E-state index contributed by atoms with van der Waals surface area (Å²) in [5, 5.41) is 3.31. The molecule has 5 nitrogen and oxygen atoms in total. The van der Waals surface area contributed by atoms with Crippen LogP contribution in [0.25, 0.3) is 0 Å². The maximum atomic E-state index is 11.3. The number of ether oxygens (including phenoxy) is 2. The maximum Gasteiger partial charge on any atom is 0.356 e. The molecule has 5 heteroatoms. The van der Waals surface area contributed by atoms with E-state index in [0.717, 1.165) is 25.3 Å².